The summed E-state index contributed by atoms with van der Waals surface area (Å²) < 4.78 is 271. The summed E-state index contributed by atoms with van der Waals surface area (Å²) in [5.41, 5.74) is -17.4. The molecule has 80 heavy (non-hydrogen) atoms. The maximum atomic E-state index is 17.4. The number of rotatable bonds is 16. The molecule has 3 aliphatic heterocycles. The zero-order chi connectivity index (χ0) is 59.4. The Hall–Kier alpha value is -2.84. The molecule has 9 aliphatic rings. The first-order chi connectivity index (χ1) is 36.5. The summed E-state index contributed by atoms with van der Waals surface area (Å²) in [5.74, 6) is -17.2. The van der Waals surface area contributed by atoms with Gasteiger partial charge in [0.05, 0.1) is 30.3 Å². The van der Waals surface area contributed by atoms with Gasteiger partial charge in [0.1, 0.15) is 17.8 Å². The Kier molecular flexibility index (Phi) is 15.5. The largest absolute Gasteiger partial charge is 0.459 e. The van der Waals surface area contributed by atoms with Gasteiger partial charge in [0.25, 0.3) is 5.60 Å². The van der Waals surface area contributed by atoms with Crippen LogP contribution < -0.4 is 0 Å². The molecule has 23 atom stereocenters. The van der Waals surface area contributed by atoms with E-state index in [0.717, 1.165) is 6.92 Å². The number of carbonyl (C=O) groups is 3. The number of esters is 3. The van der Waals surface area contributed by atoms with Gasteiger partial charge in [-0.2, -0.15) is 65.9 Å². The quantitative estimate of drug-likeness (QED) is 0.0685. The molecule has 26 heteroatoms. The van der Waals surface area contributed by atoms with Gasteiger partial charge in [0, 0.05) is 24.4 Å². The molecular weight excluding hydrogens is 1110 g/mol. The Morgan fingerprint density at radius 1 is 0.600 bits per heavy atom. The normalized spacial score (nSPS) is 40.5. The summed E-state index contributed by atoms with van der Waals surface area (Å²) in [6.07, 6.45) is -46.5. The number of hydrogen-bond donors (Lipinski definition) is 1. The van der Waals surface area contributed by atoms with Crippen LogP contribution in [0.3, 0.4) is 0 Å². The highest BCUT2D eigenvalue weighted by atomic mass is 19.4. The molecule has 0 aromatic rings. The van der Waals surface area contributed by atoms with Crippen LogP contribution in [0.4, 0.5) is 65.9 Å². The van der Waals surface area contributed by atoms with E-state index in [1.54, 1.807) is 0 Å². The van der Waals surface area contributed by atoms with Crippen LogP contribution in [0.25, 0.3) is 0 Å². The lowest BCUT2D eigenvalue weighted by Crippen LogP contribution is -2.64. The molecule has 23 unspecified atom stereocenters. The van der Waals surface area contributed by atoms with Gasteiger partial charge in [-0.15, -0.1) is 0 Å². The van der Waals surface area contributed by atoms with Crippen molar-refractivity contribution in [2.75, 3.05) is 6.61 Å². The van der Waals surface area contributed by atoms with Gasteiger partial charge in [0.2, 0.25) is 0 Å². The Balaban J connectivity index is 1.14. The summed E-state index contributed by atoms with van der Waals surface area (Å²) in [5, 5.41) is 10.5. The van der Waals surface area contributed by atoms with E-state index >= 15 is 57.5 Å². The molecule has 6 bridgehead atoms. The molecule has 0 aromatic heterocycles. The fourth-order valence-corrected chi connectivity index (χ4v) is 16.9. The second kappa shape index (κ2) is 20.1. The third kappa shape index (κ3) is 10.2. The summed E-state index contributed by atoms with van der Waals surface area (Å²) in [6.45, 7) is 7.94. The molecule has 458 valence electrons. The summed E-state index contributed by atoms with van der Waals surface area (Å²) in [4.78, 5) is 42.4. The molecule has 9 fully saturated rings. The third-order valence-electron chi connectivity index (χ3n) is 20.7. The standard InChI is InChI=1S/C54H71F15O11/c1-9-74-23(3)79-49(53(64,65)66,54(67,68)69)19-28-12-25-14-31(28)40-32(25)17-35(37(76-40)20-46(7,50(55,56)57)43(71)80-45(4,5)6)48(52(61,62)63,44(72)78-38-26-15-33-34(16-26)42(70)77-41(33)38)21-36-22(2)10-29-24-11-27(30(13-24)39(29)75-36)18-47(8,73)51(58,59)60/h22-41,73H,9-21H2,1-8H3. The zero-order valence-electron chi connectivity index (χ0n) is 45.4. The molecule has 1 N–H and O–H groups in total. The van der Waals surface area contributed by atoms with E-state index in [9.17, 15) is 27.9 Å². The lowest BCUT2D eigenvalue weighted by Gasteiger charge is -2.54. The highest BCUT2D eigenvalue weighted by Crippen LogP contribution is 2.68. The van der Waals surface area contributed by atoms with Crippen LogP contribution >= 0.6 is 0 Å². The Bertz CT molecular complexity index is 2320. The predicted molar refractivity (Wildman–Crippen MR) is 246 cm³/mol. The minimum Gasteiger partial charge on any atom is -0.459 e. The molecule has 0 radical (unpaired) electrons. The van der Waals surface area contributed by atoms with E-state index in [4.69, 9.17) is 33.2 Å². The van der Waals surface area contributed by atoms with E-state index in [2.05, 4.69) is 0 Å². The Morgan fingerprint density at radius 3 is 1.65 bits per heavy atom. The van der Waals surface area contributed by atoms with Crippen molar-refractivity contribution in [3.8, 4) is 0 Å². The van der Waals surface area contributed by atoms with Gasteiger partial charge in [-0.1, -0.05) is 6.92 Å². The van der Waals surface area contributed by atoms with Crippen molar-refractivity contribution in [2.24, 2.45) is 87.8 Å². The second-order valence-corrected chi connectivity index (χ2v) is 26.6. The highest BCUT2D eigenvalue weighted by molar-refractivity contribution is 5.81. The third-order valence-corrected chi connectivity index (χ3v) is 20.7. The number of fused-ring (bicyclic) bond motifs is 11. The predicted octanol–water partition coefficient (Wildman–Crippen LogP) is 12.2. The topological polar surface area (TPSA) is 136 Å². The van der Waals surface area contributed by atoms with E-state index < -0.39 is 223 Å². The van der Waals surface area contributed by atoms with Crippen LogP contribution in [0, 0.1) is 87.8 Å². The summed E-state index contributed by atoms with van der Waals surface area (Å²) >= 11 is 0. The Labute approximate surface area is 453 Å². The molecule has 3 heterocycles. The second-order valence-electron chi connectivity index (χ2n) is 26.6. The number of carbonyl (C=O) groups excluding carboxylic acids is 3. The molecule has 3 saturated heterocycles. The van der Waals surface area contributed by atoms with Gasteiger partial charge < -0.3 is 38.3 Å². The SMILES string of the molecule is CCOC(C)OC(CC1CC2CC1C1OC(CC(C)(C(=O)OC(C)(C)C)C(F)(F)F)C(C(CC3OC4C(CC3C)C3CC(CC(C)(O)C(F)(F)F)C4C3)(C(=O)OC3C4CC5C(=O)OC3C5C4)C(F)(F)F)CC21)(C(F)(F)F)C(F)(F)F. The molecule has 11 nitrogen and oxygen atoms in total. The number of aliphatic hydroxyl groups is 1. The van der Waals surface area contributed by atoms with Crippen LogP contribution in [-0.2, 0) is 47.5 Å². The van der Waals surface area contributed by atoms with E-state index in [1.165, 1.54) is 34.6 Å². The number of alkyl halides is 15. The van der Waals surface area contributed by atoms with E-state index in [-0.39, 0.29) is 50.5 Å². The molecular formula is C54H71F15O11. The minimum atomic E-state index is -6.14. The lowest BCUT2D eigenvalue weighted by molar-refractivity contribution is -0.412. The summed E-state index contributed by atoms with van der Waals surface area (Å²) in [6, 6.07) is 0. The van der Waals surface area contributed by atoms with Crippen LogP contribution in [0.1, 0.15) is 132 Å². The maximum Gasteiger partial charge on any atom is 0.426 e. The molecule has 6 aliphatic carbocycles. The van der Waals surface area contributed by atoms with E-state index in [0.29, 0.717) is 20.3 Å². The minimum absolute atomic E-state index is 0.0796. The smallest absolute Gasteiger partial charge is 0.426 e. The first kappa shape index (κ1) is 61.7. The molecule has 0 aromatic carbocycles. The fraction of sp³-hybridized carbons (Fsp3) is 0.944. The molecule has 0 spiro atoms. The molecule has 0 amide bonds. The molecule has 9 rings (SSSR count). The molecule has 6 saturated carbocycles. The van der Waals surface area contributed by atoms with Crippen LogP contribution in [0.5, 0.6) is 0 Å². The van der Waals surface area contributed by atoms with Gasteiger partial charge in [-0.25, -0.2) is 0 Å². The average Bonchev–Trinajstić information content (AvgIpc) is 4.21. The fourth-order valence-electron chi connectivity index (χ4n) is 16.9. The highest BCUT2D eigenvalue weighted by Gasteiger charge is 2.77. The van der Waals surface area contributed by atoms with Crippen LogP contribution in [0.2, 0.25) is 0 Å². The Morgan fingerprint density at radius 2 is 1.14 bits per heavy atom. The van der Waals surface area contributed by atoms with Crippen molar-refractivity contribution >= 4 is 17.9 Å². The zero-order valence-corrected chi connectivity index (χ0v) is 45.4. The van der Waals surface area contributed by atoms with Crippen molar-refractivity contribution in [1.29, 1.82) is 0 Å². The van der Waals surface area contributed by atoms with Crippen molar-refractivity contribution in [3.05, 3.63) is 0 Å². The van der Waals surface area contributed by atoms with Crippen molar-refractivity contribution in [2.45, 2.75) is 223 Å². The van der Waals surface area contributed by atoms with Gasteiger partial charge >= 0.3 is 48.8 Å². The van der Waals surface area contributed by atoms with Crippen molar-refractivity contribution in [3.63, 3.8) is 0 Å². The lowest BCUT2D eigenvalue weighted by atomic mass is 9.58. The number of hydrogen-bond acceptors (Lipinski definition) is 11. The van der Waals surface area contributed by atoms with Gasteiger partial charge in [-0.05, 0) is 179 Å². The van der Waals surface area contributed by atoms with Gasteiger partial charge in [-0.3, -0.25) is 14.4 Å². The van der Waals surface area contributed by atoms with Crippen LogP contribution in [-0.4, -0.2) is 120 Å². The number of ether oxygens (including phenoxy) is 7. The maximum absolute atomic E-state index is 17.4. The van der Waals surface area contributed by atoms with E-state index in [1.807, 2.05) is 0 Å². The number of halogens is 15. The average molecular weight is 1180 g/mol. The van der Waals surface area contributed by atoms with Crippen molar-refractivity contribution < 1.29 is 119 Å². The first-order valence-corrected chi connectivity index (χ1v) is 27.8. The summed E-state index contributed by atoms with van der Waals surface area (Å²) in [7, 11) is 0. The monoisotopic (exact) mass is 1180 g/mol. The first-order valence-electron chi connectivity index (χ1n) is 27.8. The van der Waals surface area contributed by atoms with Crippen LogP contribution in [0.15, 0.2) is 0 Å². The van der Waals surface area contributed by atoms with Crippen molar-refractivity contribution in [1.82, 2.24) is 0 Å². The van der Waals surface area contributed by atoms with Gasteiger partial charge in [0.15, 0.2) is 22.7 Å².